The maximum Gasteiger partial charge on any atom is 0.202 e. The lowest BCUT2D eigenvalue weighted by molar-refractivity contribution is 0.497. The van der Waals surface area contributed by atoms with Crippen molar-refractivity contribution in [1.82, 2.24) is 14.5 Å². The summed E-state index contributed by atoms with van der Waals surface area (Å²) in [5.41, 5.74) is 7.23. The zero-order chi connectivity index (χ0) is 11.8. The average molecular weight is 249 g/mol. The zero-order valence-electron chi connectivity index (χ0n) is 8.80. The van der Waals surface area contributed by atoms with E-state index in [0.717, 1.165) is 5.76 Å². The number of rotatable bonds is 2. The Balaban J connectivity index is 2.12. The van der Waals surface area contributed by atoms with E-state index in [-0.39, 0.29) is 0 Å². The molecule has 0 aliphatic rings. The second-order valence-electron chi connectivity index (χ2n) is 3.63. The molecule has 5 nitrogen and oxygen atoms in total. The molecule has 3 aromatic heterocycles. The molecule has 0 saturated heterocycles. The van der Waals surface area contributed by atoms with Gasteiger partial charge in [-0.1, -0.05) is 11.6 Å². The summed E-state index contributed by atoms with van der Waals surface area (Å²) >= 11 is 5.85. The van der Waals surface area contributed by atoms with Crippen LogP contribution in [0.15, 0.2) is 35.1 Å². The topological polar surface area (TPSA) is 69.9 Å². The molecule has 0 radical (unpaired) electrons. The molecule has 0 fully saturated rings. The fourth-order valence-corrected chi connectivity index (χ4v) is 1.87. The van der Waals surface area contributed by atoms with Crippen molar-refractivity contribution in [2.75, 3.05) is 5.73 Å². The van der Waals surface area contributed by atoms with Gasteiger partial charge in [0.05, 0.1) is 17.8 Å². The number of nitrogens with two attached hydrogens (primary N) is 1. The molecule has 0 amide bonds. The molecule has 0 aliphatic carbocycles. The Morgan fingerprint density at radius 2 is 2.35 bits per heavy atom. The number of nitrogens with zero attached hydrogens (tertiary/aromatic N) is 3. The van der Waals surface area contributed by atoms with E-state index in [9.17, 15) is 0 Å². The molecule has 0 saturated carbocycles. The van der Waals surface area contributed by atoms with Crippen molar-refractivity contribution in [3.8, 4) is 0 Å². The molecule has 3 aromatic rings. The minimum atomic E-state index is 0.395. The van der Waals surface area contributed by atoms with Gasteiger partial charge in [0.25, 0.3) is 0 Å². The lowest BCUT2D eigenvalue weighted by Gasteiger charge is -2.02. The third kappa shape index (κ3) is 1.74. The molecular formula is C11H9ClN4O. The Morgan fingerprint density at radius 1 is 1.47 bits per heavy atom. The first-order chi connectivity index (χ1) is 8.24. The number of anilines is 1. The molecule has 0 aliphatic heterocycles. The highest BCUT2D eigenvalue weighted by molar-refractivity contribution is 6.31. The monoisotopic (exact) mass is 248 g/mol. The number of hydrogen-bond acceptors (Lipinski definition) is 4. The highest BCUT2D eigenvalue weighted by Gasteiger charge is 2.11. The average Bonchev–Trinajstić information content (AvgIpc) is 2.88. The summed E-state index contributed by atoms with van der Waals surface area (Å²) in [5.74, 6) is 1.19. The Morgan fingerprint density at radius 3 is 3.12 bits per heavy atom. The number of nitrogen functional groups attached to an aromatic ring is 1. The highest BCUT2D eigenvalue weighted by atomic mass is 35.5. The van der Waals surface area contributed by atoms with E-state index in [1.807, 2.05) is 12.1 Å². The van der Waals surface area contributed by atoms with Crippen molar-refractivity contribution in [2.45, 2.75) is 6.54 Å². The van der Waals surface area contributed by atoms with Gasteiger partial charge in [-0.3, -0.25) is 4.57 Å². The van der Waals surface area contributed by atoms with Gasteiger partial charge in [0.2, 0.25) is 5.95 Å². The molecule has 0 unspecified atom stereocenters. The Bertz CT molecular complexity index is 659. The van der Waals surface area contributed by atoms with Crippen molar-refractivity contribution in [3.05, 3.63) is 41.4 Å². The zero-order valence-corrected chi connectivity index (χ0v) is 9.55. The number of furan rings is 1. The van der Waals surface area contributed by atoms with E-state index < -0.39 is 0 Å². The van der Waals surface area contributed by atoms with Gasteiger partial charge >= 0.3 is 0 Å². The van der Waals surface area contributed by atoms with E-state index in [1.165, 1.54) is 0 Å². The van der Waals surface area contributed by atoms with Crippen LogP contribution in [0.2, 0.25) is 5.02 Å². The normalized spacial score (nSPS) is 11.1. The van der Waals surface area contributed by atoms with E-state index in [2.05, 4.69) is 9.97 Å². The molecule has 2 N–H and O–H groups in total. The van der Waals surface area contributed by atoms with Gasteiger partial charge in [-0.15, -0.1) is 0 Å². The molecule has 0 bridgehead atoms. The quantitative estimate of drug-likeness (QED) is 0.756. The van der Waals surface area contributed by atoms with E-state index in [0.29, 0.717) is 28.7 Å². The van der Waals surface area contributed by atoms with E-state index in [4.69, 9.17) is 21.8 Å². The molecule has 3 rings (SSSR count). The van der Waals surface area contributed by atoms with Crippen LogP contribution in [-0.2, 0) is 6.54 Å². The van der Waals surface area contributed by atoms with Gasteiger partial charge in [-0.25, -0.2) is 9.97 Å². The second kappa shape index (κ2) is 3.78. The number of halogens is 1. The molecule has 17 heavy (non-hydrogen) atoms. The van der Waals surface area contributed by atoms with Crippen LogP contribution < -0.4 is 5.73 Å². The summed E-state index contributed by atoms with van der Waals surface area (Å²) < 4.78 is 7.06. The van der Waals surface area contributed by atoms with E-state index >= 15 is 0 Å². The molecule has 86 valence electrons. The summed E-state index contributed by atoms with van der Waals surface area (Å²) in [5, 5.41) is 0.542. The third-order valence-electron chi connectivity index (χ3n) is 2.48. The molecule has 6 heteroatoms. The van der Waals surface area contributed by atoms with E-state index in [1.54, 1.807) is 23.1 Å². The predicted molar refractivity (Wildman–Crippen MR) is 64.8 cm³/mol. The van der Waals surface area contributed by atoms with Crippen molar-refractivity contribution in [3.63, 3.8) is 0 Å². The molecule has 0 aromatic carbocycles. The summed E-state index contributed by atoms with van der Waals surface area (Å²) in [4.78, 5) is 8.44. The first kappa shape index (κ1) is 10.2. The molecule has 3 heterocycles. The van der Waals surface area contributed by atoms with Gasteiger partial charge in [-0.2, -0.15) is 0 Å². The van der Waals surface area contributed by atoms with Crippen molar-refractivity contribution in [2.24, 2.45) is 0 Å². The number of hydrogen-bond donors (Lipinski definition) is 1. The van der Waals surface area contributed by atoms with Crippen LogP contribution in [-0.4, -0.2) is 14.5 Å². The maximum atomic E-state index is 5.85. The van der Waals surface area contributed by atoms with Crippen LogP contribution in [0.1, 0.15) is 5.76 Å². The third-order valence-corrected chi connectivity index (χ3v) is 2.68. The number of imidazole rings is 1. The highest BCUT2D eigenvalue weighted by Crippen LogP contribution is 2.20. The van der Waals surface area contributed by atoms with Gasteiger partial charge in [0, 0.05) is 6.20 Å². The second-order valence-corrected chi connectivity index (χ2v) is 4.07. The first-order valence-corrected chi connectivity index (χ1v) is 5.41. The minimum Gasteiger partial charge on any atom is -0.467 e. The lowest BCUT2D eigenvalue weighted by atomic mass is 10.4. The van der Waals surface area contributed by atoms with Gasteiger partial charge < -0.3 is 10.2 Å². The Kier molecular flexibility index (Phi) is 2.26. The summed E-state index contributed by atoms with van der Waals surface area (Å²) in [6.07, 6.45) is 3.19. The number of pyridine rings is 1. The lowest BCUT2D eigenvalue weighted by Crippen LogP contribution is -2.04. The Hall–Kier alpha value is -2.01. The number of fused-ring (bicyclic) bond motifs is 1. The molecular weight excluding hydrogens is 240 g/mol. The summed E-state index contributed by atoms with van der Waals surface area (Å²) in [6.45, 7) is 0.504. The Labute approximate surface area is 102 Å². The van der Waals surface area contributed by atoms with Crippen LogP contribution in [0, 0.1) is 0 Å². The predicted octanol–water partition coefficient (Wildman–Crippen LogP) is 2.31. The fourth-order valence-electron chi connectivity index (χ4n) is 1.72. The van der Waals surface area contributed by atoms with Crippen molar-refractivity contribution in [1.29, 1.82) is 0 Å². The van der Waals surface area contributed by atoms with Crippen LogP contribution in [0.4, 0.5) is 5.95 Å². The van der Waals surface area contributed by atoms with Crippen LogP contribution in [0.25, 0.3) is 11.2 Å². The SMILES string of the molecule is Nc1nc2cc(Cl)cnc2n1Cc1ccco1. The minimum absolute atomic E-state index is 0.395. The van der Waals surface area contributed by atoms with Gasteiger partial charge in [0.15, 0.2) is 5.65 Å². The fraction of sp³-hybridized carbons (Fsp3) is 0.0909. The smallest absolute Gasteiger partial charge is 0.202 e. The number of aromatic nitrogens is 3. The van der Waals surface area contributed by atoms with Crippen LogP contribution >= 0.6 is 11.6 Å². The van der Waals surface area contributed by atoms with Crippen molar-refractivity contribution >= 4 is 28.7 Å². The summed E-state index contributed by atoms with van der Waals surface area (Å²) in [6, 6.07) is 5.44. The van der Waals surface area contributed by atoms with Crippen LogP contribution in [0.3, 0.4) is 0 Å². The first-order valence-electron chi connectivity index (χ1n) is 5.03. The molecule has 0 spiro atoms. The van der Waals surface area contributed by atoms with Crippen molar-refractivity contribution < 1.29 is 4.42 Å². The summed E-state index contributed by atoms with van der Waals surface area (Å²) in [7, 11) is 0. The maximum absolute atomic E-state index is 5.85. The van der Waals surface area contributed by atoms with Gasteiger partial charge in [-0.05, 0) is 18.2 Å². The standard InChI is InChI=1S/C11H9ClN4O/c12-7-4-9-10(14-5-7)16(11(13)15-9)6-8-2-1-3-17-8/h1-5H,6H2,(H2,13,15). The largest absolute Gasteiger partial charge is 0.467 e. The molecule has 0 atom stereocenters. The van der Waals surface area contributed by atoms with Gasteiger partial charge in [0.1, 0.15) is 11.3 Å². The van der Waals surface area contributed by atoms with Crippen LogP contribution in [0.5, 0.6) is 0 Å².